The number of nitro groups is 1. The Morgan fingerprint density at radius 1 is 1.18 bits per heavy atom. The van der Waals surface area contributed by atoms with E-state index >= 15 is 0 Å². The fourth-order valence-corrected chi connectivity index (χ4v) is 3.32. The molecule has 1 atom stereocenters. The Morgan fingerprint density at radius 3 is 2.39 bits per heavy atom. The predicted molar refractivity (Wildman–Crippen MR) is 108 cm³/mol. The van der Waals surface area contributed by atoms with Crippen molar-refractivity contribution < 1.29 is 32.1 Å². The van der Waals surface area contributed by atoms with E-state index in [1.54, 1.807) is 0 Å². The lowest BCUT2D eigenvalue weighted by Crippen LogP contribution is -2.43. The van der Waals surface area contributed by atoms with E-state index in [1.807, 2.05) is 0 Å². The van der Waals surface area contributed by atoms with Crippen LogP contribution in [0.2, 0.25) is 0 Å². The van der Waals surface area contributed by atoms with Gasteiger partial charge in [0.05, 0.1) is 17.2 Å². The second-order valence-electron chi connectivity index (χ2n) is 7.15. The second-order valence-corrected chi connectivity index (χ2v) is 7.15. The van der Waals surface area contributed by atoms with Gasteiger partial charge in [-0.3, -0.25) is 24.7 Å². The standard InChI is InChI=1S/C20H17F4N5O4/c21-13-5-7-14(8-6-13)28-17(18(25)30)9-15(26-28)19(31)27(11-20(22,23)24)10-12-3-1-2-4-16(12)29(32)33/h1-8,17H,9-11H2,(H2,25,30). The topological polar surface area (TPSA) is 122 Å². The highest BCUT2D eigenvalue weighted by Crippen LogP contribution is 2.28. The summed E-state index contributed by atoms with van der Waals surface area (Å²) in [5.41, 5.74) is 4.60. The van der Waals surface area contributed by atoms with Gasteiger partial charge in [-0.15, -0.1) is 0 Å². The van der Waals surface area contributed by atoms with Gasteiger partial charge in [-0.1, -0.05) is 18.2 Å². The number of anilines is 1. The molecular formula is C20H17F4N5O4. The summed E-state index contributed by atoms with van der Waals surface area (Å²) in [5.74, 6) is -2.64. The monoisotopic (exact) mass is 467 g/mol. The summed E-state index contributed by atoms with van der Waals surface area (Å²) in [5, 5.41) is 16.2. The van der Waals surface area contributed by atoms with Crippen LogP contribution in [0.3, 0.4) is 0 Å². The zero-order valence-corrected chi connectivity index (χ0v) is 16.8. The summed E-state index contributed by atoms with van der Waals surface area (Å²) in [6, 6.07) is 8.59. The van der Waals surface area contributed by atoms with Gasteiger partial charge in [0.2, 0.25) is 5.91 Å². The highest BCUT2D eigenvalue weighted by atomic mass is 19.4. The molecule has 1 aliphatic heterocycles. The molecule has 1 heterocycles. The van der Waals surface area contributed by atoms with E-state index < -0.39 is 65.7 Å². The number of halogens is 4. The Kier molecular flexibility index (Phi) is 6.60. The van der Waals surface area contributed by atoms with Gasteiger partial charge in [0.15, 0.2) is 0 Å². The Morgan fingerprint density at radius 2 is 1.82 bits per heavy atom. The molecule has 2 amide bonds. The lowest BCUT2D eigenvalue weighted by atomic mass is 10.1. The summed E-state index contributed by atoms with van der Waals surface area (Å²) in [4.78, 5) is 35.7. The molecule has 3 rings (SSSR count). The Hall–Kier alpha value is -4.03. The van der Waals surface area contributed by atoms with Crippen LogP contribution in [0, 0.1) is 15.9 Å². The molecule has 0 fully saturated rings. The third-order valence-electron chi connectivity index (χ3n) is 4.78. The van der Waals surface area contributed by atoms with E-state index in [0.29, 0.717) is 4.90 Å². The molecule has 1 unspecified atom stereocenters. The first kappa shape index (κ1) is 23.6. The van der Waals surface area contributed by atoms with E-state index in [9.17, 15) is 37.3 Å². The van der Waals surface area contributed by atoms with Gasteiger partial charge in [-0.2, -0.15) is 18.3 Å². The number of nitro benzene ring substituents is 1. The maximum atomic E-state index is 13.2. The highest BCUT2D eigenvalue weighted by molar-refractivity contribution is 6.40. The van der Waals surface area contributed by atoms with Crippen molar-refractivity contribution in [1.82, 2.24) is 4.90 Å². The Bertz CT molecular complexity index is 1100. The van der Waals surface area contributed by atoms with Crippen molar-refractivity contribution in [1.29, 1.82) is 0 Å². The molecule has 0 spiro atoms. The SMILES string of the molecule is NC(=O)C1CC(C(=O)N(Cc2ccccc2[N+](=O)[O-])CC(F)(F)F)=NN1c1ccc(F)cc1. The molecule has 13 heteroatoms. The van der Waals surface area contributed by atoms with Crippen LogP contribution in [0.4, 0.5) is 28.9 Å². The smallest absolute Gasteiger partial charge is 0.368 e. The quantitative estimate of drug-likeness (QED) is 0.381. The van der Waals surface area contributed by atoms with E-state index in [-0.39, 0.29) is 11.3 Å². The maximum absolute atomic E-state index is 13.2. The molecule has 33 heavy (non-hydrogen) atoms. The highest BCUT2D eigenvalue weighted by Gasteiger charge is 2.40. The largest absolute Gasteiger partial charge is 0.406 e. The number of carbonyl (C=O) groups is 2. The van der Waals surface area contributed by atoms with Gasteiger partial charge in [0.25, 0.3) is 11.6 Å². The Balaban J connectivity index is 1.95. The lowest BCUT2D eigenvalue weighted by molar-refractivity contribution is -0.385. The molecule has 2 aromatic carbocycles. The number of nitrogens with zero attached hydrogens (tertiary/aromatic N) is 4. The van der Waals surface area contributed by atoms with Crippen LogP contribution < -0.4 is 10.7 Å². The molecule has 2 aromatic rings. The number of hydrogen-bond donors (Lipinski definition) is 1. The van der Waals surface area contributed by atoms with Gasteiger partial charge < -0.3 is 10.6 Å². The van der Waals surface area contributed by atoms with Crippen molar-refractivity contribution in [2.45, 2.75) is 25.2 Å². The van der Waals surface area contributed by atoms with Crippen LogP contribution in [0.1, 0.15) is 12.0 Å². The summed E-state index contributed by atoms with van der Waals surface area (Å²) >= 11 is 0. The third kappa shape index (κ3) is 5.61. The minimum absolute atomic E-state index is 0.111. The van der Waals surface area contributed by atoms with Crippen molar-refractivity contribution in [2.75, 3.05) is 11.6 Å². The molecule has 0 bridgehead atoms. The average molecular weight is 467 g/mol. The van der Waals surface area contributed by atoms with Crippen LogP contribution in [-0.2, 0) is 16.1 Å². The molecule has 0 radical (unpaired) electrons. The first-order chi connectivity index (χ1) is 15.5. The predicted octanol–water partition coefficient (Wildman–Crippen LogP) is 2.75. The van der Waals surface area contributed by atoms with Crippen LogP contribution >= 0.6 is 0 Å². The molecular weight excluding hydrogens is 450 g/mol. The van der Waals surface area contributed by atoms with E-state index in [4.69, 9.17) is 5.73 Å². The van der Waals surface area contributed by atoms with Crippen molar-refractivity contribution in [3.05, 3.63) is 70.0 Å². The fraction of sp³-hybridized carbons (Fsp3) is 0.250. The number of hydrogen-bond acceptors (Lipinski definition) is 6. The van der Waals surface area contributed by atoms with E-state index in [0.717, 1.165) is 23.2 Å². The molecule has 0 saturated carbocycles. The van der Waals surface area contributed by atoms with E-state index in [1.165, 1.54) is 30.3 Å². The average Bonchev–Trinajstić information content (AvgIpc) is 3.18. The van der Waals surface area contributed by atoms with Crippen LogP contribution in [0.5, 0.6) is 0 Å². The number of amides is 2. The fourth-order valence-electron chi connectivity index (χ4n) is 3.32. The number of para-hydroxylation sites is 1. The lowest BCUT2D eigenvalue weighted by Gasteiger charge is -2.23. The summed E-state index contributed by atoms with van der Waals surface area (Å²) in [7, 11) is 0. The maximum Gasteiger partial charge on any atom is 0.406 e. The van der Waals surface area contributed by atoms with Crippen molar-refractivity contribution >= 4 is 28.9 Å². The van der Waals surface area contributed by atoms with Gasteiger partial charge in [0, 0.05) is 18.1 Å². The number of nitrogens with two attached hydrogens (primary N) is 1. The minimum Gasteiger partial charge on any atom is -0.368 e. The van der Waals surface area contributed by atoms with Crippen molar-refractivity contribution in [3.8, 4) is 0 Å². The van der Waals surface area contributed by atoms with Crippen LogP contribution in [0.25, 0.3) is 0 Å². The van der Waals surface area contributed by atoms with Gasteiger partial charge in [0.1, 0.15) is 24.1 Å². The molecule has 0 aromatic heterocycles. The van der Waals surface area contributed by atoms with Gasteiger partial charge in [-0.25, -0.2) is 4.39 Å². The molecule has 174 valence electrons. The first-order valence-corrected chi connectivity index (χ1v) is 9.46. The molecule has 1 aliphatic rings. The van der Waals surface area contributed by atoms with E-state index in [2.05, 4.69) is 5.10 Å². The zero-order valence-electron chi connectivity index (χ0n) is 16.8. The van der Waals surface area contributed by atoms with Gasteiger partial charge in [-0.05, 0) is 24.3 Å². The third-order valence-corrected chi connectivity index (χ3v) is 4.78. The number of alkyl halides is 3. The summed E-state index contributed by atoms with van der Waals surface area (Å²) in [6.07, 6.45) is -5.20. The van der Waals surface area contributed by atoms with Crippen molar-refractivity contribution in [2.24, 2.45) is 10.8 Å². The Labute approximate surface area is 184 Å². The molecule has 2 N–H and O–H groups in total. The van der Waals surface area contributed by atoms with Gasteiger partial charge >= 0.3 is 6.18 Å². The second kappa shape index (κ2) is 9.22. The van der Waals surface area contributed by atoms with Crippen molar-refractivity contribution in [3.63, 3.8) is 0 Å². The molecule has 9 nitrogen and oxygen atoms in total. The number of primary amides is 1. The summed E-state index contributed by atoms with van der Waals surface area (Å²) < 4.78 is 52.9. The minimum atomic E-state index is -4.81. The van der Waals surface area contributed by atoms with Crippen LogP contribution in [-0.4, -0.2) is 46.1 Å². The molecule has 0 saturated heterocycles. The van der Waals surface area contributed by atoms with Crippen LogP contribution in [0.15, 0.2) is 53.6 Å². The summed E-state index contributed by atoms with van der Waals surface area (Å²) in [6.45, 7) is -2.42. The molecule has 0 aliphatic carbocycles. The number of hydrazone groups is 1. The first-order valence-electron chi connectivity index (χ1n) is 9.46. The normalized spacial score (nSPS) is 15.8. The number of benzene rings is 2. The number of carbonyl (C=O) groups excluding carboxylic acids is 2. The number of rotatable bonds is 7. The zero-order chi connectivity index (χ0) is 24.3.